The highest BCUT2D eigenvalue weighted by Crippen LogP contribution is 2.53. The lowest BCUT2D eigenvalue weighted by molar-refractivity contribution is 0.666. The summed E-state index contributed by atoms with van der Waals surface area (Å²) in [7, 11) is 0. The van der Waals surface area contributed by atoms with Gasteiger partial charge in [0, 0.05) is 38.2 Å². The van der Waals surface area contributed by atoms with Crippen molar-refractivity contribution < 1.29 is 4.42 Å². The average Bonchev–Trinajstić information content (AvgIpc) is 3.63. The molecule has 1 aliphatic carbocycles. The fraction of sp³-hybridized carbons (Fsp3) is 0.0769. The molecule has 194 valence electrons. The van der Waals surface area contributed by atoms with Gasteiger partial charge in [0.25, 0.3) is 0 Å². The van der Waals surface area contributed by atoms with Crippen LogP contribution in [0.5, 0.6) is 0 Å². The summed E-state index contributed by atoms with van der Waals surface area (Å²) in [6.45, 7) is 4.75. The number of rotatable bonds is 2. The maximum Gasteiger partial charge on any atom is 0.143 e. The first kappa shape index (κ1) is 22.7. The van der Waals surface area contributed by atoms with Gasteiger partial charge in [0.15, 0.2) is 0 Å². The van der Waals surface area contributed by atoms with Crippen molar-refractivity contribution in [3.63, 3.8) is 0 Å². The van der Waals surface area contributed by atoms with Crippen molar-refractivity contribution in [3.05, 3.63) is 139 Å². The van der Waals surface area contributed by atoms with Crippen molar-refractivity contribution in [2.45, 2.75) is 19.3 Å². The summed E-state index contributed by atoms with van der Waals surface area (Å²) < 4.78 is 8.84. The normalized spacial score (nSPS) is 13.8. The Morgan fingerprint density at radius 1 is 0.561 bits per heavy atom. The molecular weight excluding hydrogens is 498 g/mol. The van der Waals surface area contributed by atoms with Crippen LogP contribution >= 0.6 is 0 Å². The Bertz CT molecular complexity index is 2350. The number of benzene rings is 6. The molecule has 0 fully saturated rings. The zero-order valence-corrected chi connectivity index (χ0v) is 23.0. The lowest BCUT2D eigenvalue weighted by Gasteiger charge is -2.22. The van der Waals surface area contributed by atoms with Gasteiger partial charge in [0.1, 0.15) is 11.2 Å². The van der Waals surface area contributed by atoms with Crippen molar-refractivity contribution in [2.24, 2.45) is 0 Å². The SMILES string of the molecule is CC1(C)c2ccccc2-c2ccc3c(c21)c1ccccc1n3-c1cccc(-c2cccc3c2oc2ccccc23)c1. The monoisotopic (exact) mass is 525 g/mol. The minimum Gasteiger partial charge on any atom is -0.455 e. The molecule has 8 aromatic rings. The molecular formula is C39H27NO. The van der Waals surface area contributed by atoms with Crippen LogP contribution in [0.1, 0.15) is 25.0 Å². The van der Waals surface area contributed by atoms with Gasteiger partial charge in [-0.3, -0.25) is 0 Å². The first-order chi connectivity index (χ1) is 20.1. The molecule has 9 rings (SSSR count). The van der Waals surface area contributed by atoms with E-state index in [0.29, 0.717) is 0 Å². The van der Waals surface area contributed by atoms with E-state index in [-0.39, 0.29) is 5.41 Å². The Kier molecular flexibility index (Phi) is 4.42. The lowest BCUT2D eigenvalue weighted by Crippen LogP contribution is -2.15. The number of hydrogen-bond acceptors (Lipinski definition) is 1. The molecule has 6 aromatic carbocycles. The molecule has 0 spiro atoms. The Morgan fingerprint density at radius 3 is 2.22 bits per heavy atom. The predicted molar refractivity (Wildman–Crippen MR) is 171 cm³/mol. The quantitative estimate of drug-likeness (QED) is 0.219. The fourth-order valence-corrected chi connectivity index (χ4v) is 7.40. The van der Waals surface area contributed by atoms with Gasteiger partial charge in [-0.05, 0) is 58.1 Å². The molecule has 2 heterocycles. The first-order valence-corrected chi connectivity index (χ1v) is 14.3. The zero-order chi connectivity index (χ0) is 27.3. The number of fused-ring (bicyclic) bond motifs is 10. The van der Waals surface area contributed by atoms with Gasteiger partial charge in [-0.2, -0.15) is 0 Å². The number of furan rings is 1. The van der Waals surface area contributed by atoms with Crippen LogP contribution in [0, 0.1) is 0 Å². The molecule has 41 heavy (non-hydrogen) atoms. The van der Waals surface area contributed by atoms with E-state index in [1.165, 1.54) is 44.1 Å². The van der Waals surface area contributed by atoms with E-state index in [2.05, 4.69) is 134 Å². The Labute approximate surface area is 238 Å². The number of para-hydroxylation sites is 3. The van der Waals surface area contributed by atoms with E-state index >= 15 is 0 Å². The second-order valence-corrected chi connectivity index (χ2v) is 11.7. The fourth-order valence-electron chi connectivity index (χ4n) is 7.40. The molecule has 0 aliphatic heterocycles. The summed E-state index contributed by atoms with van der Waals surface area (Å²) in [4.78, 5) is 0. The van der Waals surface area contributed by atoms with Gasteiger partial charge in [-0.25, -0.2) is 0 Å². The van der Waals surface area contributed by atoms with Crippen LogP contribution in [-0.4, -0.2) is 4.57 Å². The van der Waals surface area contributed by atoms with Crippen molar-refractivity contribution in [3.8, 4) is 27.9 Å². The molecule has 0 saturated carbocycles. The summed E-state index contributed by atoms with van der Waals surface area (Å²) in [6, 6.07) is 46.0. The summed E-state index contributed by atoms with van der Waals surface area (Å²) in [5.74, 6) is 0. The Hall–Kier alpha value is -5.08. The second kappa shape index (κ2) is 7.99. The largest absolute Gasteiger partial charge is 0.455 e. The molecule has 0 radical (unpaired) electrons. The van der Waals surface area contributed by atoms with Crippen LogP contribution in [-0.2, 0) is 5.41 Å². The highest BCUT2D eigenvalue weighted by Gasteiger charge is 2.37. The zero-order valence-electron chi connectivity index (χ0n) is 23.0. The van der Waals surface area contributed by atoms with Crippen LogP contribution < -0.4 is 0 Å². The van der Waals surface area contributed by atoms with Gasteiger partial charge in [-0.15, -0.1) is 0 Å². The van der Waals surface area contributed by atoms with E-state index in [0.717, 1.165) is 38.8 Å². The van der Waals surface area contributed by atoms with E-state index in [4.69, 9.17) is 4.42 Å². The van der Waals surface area contributed by atoms with Gasteiger partial charge < -0.3 is 8.98 Å². The van der Waals surface area contributed by atoms with Crippen molar-refractivity contribution >= 4 is 43.7 Å². The Balaban J connectivity index is 1.32. The minimum atomic E-state index is -0.0841. The minimum absolute atomic E-state index is 0.0841. The number of hydrogen-bond donors (Lipinski definition) is 0. The van der Waals surface area contributed by atoms with E-state index in [9.17, 15) is 0 Å². The maximum absolute atomic E-state index is 6.41. The topological polar surface area (TPSA) is 18.1 Å². The smallest absolute Gasteiger partial charge is 0.143 e. The van der Waals surface area contributed by atoms with E-state index in [1.54, 1.807) is 0 Å². The number of aromatic nitrogens is 1. The van der Waals surface area contributed by atoms with Crippen LogP contribution in [0.4, 0.5) is 0 Å². The van der Waals surface area contributed by atoms with Crippen LogP contribution in [0.3, 0.4) is 0 Å². The maximum atomic E-state index is 6.41. The molecule has 1 aliphatic rings. The number of nitrogens with zero attached hydrogens (tertiary/aromatic N) is 1. The third kappa shape index (κ3) is 2.97. The second-order valence-electron chi connectivity index (χ2n) is 11.7. The highest BCUT2D eigenvalue weighted by molar-refractivity contribution is 6.14. The Morgan fingerprint density at radius 2 is 1.29 bits per heavy atom. The van der Waals surface area contributed by atoms with Gasteiger partial charge in [0.2, 0.25) is 0 Å². The molecule has 2 nitrogen and oxygen atoms in total. The molecule has 0 amide bonds. The molecule has 0 unspecified atom stereocenters. The summed E-state index contributed by atoms with van der Waals surface area (Å²) >= 11 is 0. The molecule has 0 atom stereocenters. The molecule has 0 bridgehead atoms. The molecule has 0 saturated heterocycles. The van der Waals surface area contributed by atoms with Gasteiger partial charge in [-0.1, -0.05) is 111 Å². The molecule has 2 heteroatoms. The standard InChI is InChI=1S/C39H27NO/c1-39(2)32-18-6-3-13-27(32)29-21-22-34-36(37(29)39)31-15-4-7-19-33(31)40(34)25-12-9-11-24(23-25)26-16-10-17-30-28-14-5-8-20-35(28)41-38(26)30/h3-23H,1-2H3. The summed E-state index contributed by atoms with van der Waals surface area (Å²) in [6.07, 6.45) is 0. The van der Waals surface area contributed by atoms with Gasteiger partial charge in [0.05, 0.1) is 11.0 Å². The molecule has 2 aromatic heterocycles. The van der Waals surface area contributed by atoms with E-state index < -0.39 is 0 Å². The van der Waals surface area contributed by atoms with Crippen LogP contribution in [0.15, 0.2) is 132 Å². The highest BCUT2D eigenvalue weighted by atomic mass is 16.3. The molecule has 0 N–H and O–H groups in total. The third-order valence-corrected chi connectivity index (χ3v) is 9.17. The van der Waals surface area contributed by atoms with Crippen LogP contribution in [0.25, 0.3) is 71.7 Å². The first-order valence-electron chi connectivity index (χ1n) is 14.3. The summed E-state index contributed by atoms with van der Waals surface area (Å²) in [5.41, 5.74) is 13.2. The van der Waals surface area contributed by atoms with Crippen molar-refractivity contribution in [2.75, 3.05) is 0 Å². The lowest BCUT2D eigenvalue weighted by atomic mass is 9.80. The average molecular weight is 526 g/mol. The predicted octanol–water partition coefficient (Wildman–Crippen LogP) is 10.7. The van der Waals surface area contributed by atoms with Crippen molar-refractivity contribution in [1.82, 2.24) is 4.57 Å². The van der Waals surface area contributed by atoms with Gasteiger partial charge >= 0.3 is 0 Å². The summed E-state index contributed by atoms with van der Waals surface area (Å²) in [5, 5.41) is 4.95. The van der Waals surface area contributed by atoms with Crippen molar-refractivity contribution in [1.29, 1.82) is 0 Å². The van der Waals surface area contributed by atoms with E-state index in [1.807, 2.05) is 12.1 Å². The van der Waals surface area contributed by atoms with Crippen LogP contribution in [0.2, 0.25) is 0 Å². The third-order valence-electron chi connectivity index (χ3n) is 9.17.